The lowest BCUT2D eigenvalue weighted by Gasteiger charge is -2.21. The van der Waals surface area contributed by atoms with Crippen LogP contribution in [0.2, 0.25) is 0 Å². The van der Waals surface area contributed by atoms with E-state index < -0.39 is 0 Å². The predicted molar refractivity (Wildman–Crippen MR) is 73.8 cm³/mol. The summed E-state index contributed by atoms with van der Waals surface area (Å²) in [5, 5.41) is 0. The smallest absolute Gasteiger partial charge is 0.216 e. The zero-order chi connectivity index (χ0) is 11.5. The van der Waals surface area contributed by atoms with Gasteiger partial charge in [-0.2, -0.15) is 0 Å². The Bertz CT molecular complexity index is 157. The number of hydrogen-bond acceptors (Lipinski definition) is 3. The molecule has 0 saturated carbocycles. The minimum Gasteiger partial charge on any atom is -0.477 e. The van der Waals surface area contributed by atoms with E-state index in [0.29, 0.717) is 11.0 Å². The Morgan fingerprint density at radius 1 is 1.13 bits per heavy atom. The molecule has 0 aromatic rings. The number of hydrogen-bond donors (Lipinski definition) is 1. The summed E-state index contributed by atoms with van der Waals surface area (Å²) < 4.78 is 5.53. The lowest BCUT2D eigenvalue weighted by atomic mass is 10.2. The van der Waals surface area contributed by atoms with Crippen molar-refractivity contribution in [2.75, 3.05) is 26.2 Å². The van der Waals surface area contributed by atoms with E-state index in [-0.39, 0.29) is 0 Å². The number of unbranched alkanes of at least 4 members (excludes halogenated alkanes) is 2. The fourth-order valence-corrected chi connectivity index (χ4v) is 1.54. The molecule has 0 bridgehead atoms. The van der Waals surface area contributed by atoms with Crippen LogP contribution < -0.4 is 0 Å². The summed E-state index contributed by atoms with van der Waals surface area (Å²) in [6.07, 6.45) is 5.01. The van der Waals surface area contributed by atoms with Gasteiger partial charge in [-0.05, 0) is 38.1 Å². The van der Waals surface area contributed by atoms with E-state index in [9.17, 15) is 0 Å². The molecule has 0 aliphatic rings. The quantitative estimate of drug-likeness (QED) is 0.498. The lowest BCUT2D eigenvalue weighted by Crippen LogP contribution is -2.30. The molecule has 0 aliphatic carbocycles. The van der Waals surface area contributed by atoms with Crippen molar-refractivity contribution in [2.24, 2.45) is 0 Å². The number of thiol groups is 1. The molecule has 0 aliphatic heterocycles. The van der Waals surface area contributed by atoms with Crippen LogP contribution in [-0.2, 0) is 4.74 Å². The van der Waals surface area contributed by atoms with Crippen molar-refractivity contribution in [2.45, 2.75) is 39.5 Å². The number of rotatable bonds is 9. The van der Waals surface area contributed by atoms with Gasteiger partial charge in [0, 0.05) is 6.54 Å². The number of thiocarbonyl (C=S) groups is 1. The van der Waals surface area contributed by atoms with Gasteiger partial charge in [0.25, 0.3) is 0 Å². The van der Waals surface area contributed by atoms with Gasteiger partial charge in [0.1, 0.15) is 6.61 Å². The molecular formula is C11H23NOS2. The van der Waals surface area contributed by atoms with Crippen LogP contribution in [0.3, 0.4) is 0 Å². The molecule has 0 amide bonds. The van der Waals surface area contributed by atoms with Gasteiger partial charge >= 0.3 is 0 Å². The molecule has 0 N–H and O–H groups in total. The fourth-order valence-electron chi connectivity index (χ4n) is 1.36. The molecule has 0 fully saturated rings. The minimum atomic E-state index is 0.348. The van der Waals surface area contributed by atoms with Crippen LogP contribution in [0.1, 0.15) is 39.5 Å². The van der Waals surface area contributed by atoms with Crippen molar-refractivity contribution in [3.05, 3.63) is 0 Å². The topological polar surface area (TPSA) is 12.5 Å². The van der Waals surface area contributed by atoms with Gasteiger partial charge in [0.15, 0.2) is 0 Å². The molecule has 15 heavy (non-hydrogen) atoms. The van der Waals surface area contributed by atoms with Gasteiger partial charge in [-0.25, -0.2) is 0 Å². The Hall–Kier alpha value is 0.200. The van der Waals surface area contributed by atoms with Gasteiger partial charge in [-0.1, -0.05) is 39.3 Å². The Balaban J connectivity index is 3.63. The third kappa shape index (κ3) is 10.5. The molecule has 0 saturated heterocycles. The maximum Gasteiger partial charge on any atom is 0.216 e. The van der Waals surface area contributed by atoms with Crippen LogP contribution in [0.5, 0.6) is 0 Å². The van der Waals surface area contributed by atoms with E-state index in [0.717, 1.165) is 6.54 Å². The summed E-state index contributed by atoms with van der Waals surface area (Å²) in [7, 11) is 0. The summed E-state index contributed by atoms with van der Waals surface area (Å²) in [6, 6.07) is 0. The average Bonchev–Trinajstić information content (AvgIpc) is 2.20. The Morgan fingerprint density at radius 3 is 2.07 bits per heavy atom. The van der Waals surface area contributed by atoms with Crippen molar-refractivity contribution >= 4 is 29.2 Å². The van der Waals surface area contributed by atoms with Crippen molar-refractivity contribution in [1.29, 1.82) is 0 Å². The number of nitrogens with zero attached hydrogens (tertiary/aromatic N) is 1. The first-order valence-corrected chi connectivity index (χ1v) is 6.64. The summed E-state index contributed by atoms with van der Waals surface area (Å²) >= 11 is 8.68. The molecule has 0 atom stereocenters. The SMILES string of the molecule is CCCCN(CCCC)CCOC(=S)S. The Kier molecular flexibility index (Phi) is 10.9. The van der Waals surface area contributed by atoms with E-state index in [1.54, 1.807) is 0 Å². The third-order valence-electron chi connectivity index (χ3n) is 2.29. The maximum absolute atomic E-state index is 5.19. The van der Waals surface area contributed by atoms with Gasteiger partial charge in [0.05, 0.1) is 0 Å². The monoisotopic (exact) mass is 249 g/mol. The van der Waals surface area contributed by atoms with Crippen LogP contribution >= 0.6 is 24.8 Å². The highest BCUT2D eigenvalue weighted by Crippen LogP contribution is 1.99. The Morgan fingerprint density at radius 2 is 1.67 bits per heavy atom. The molecule has 2 nitrogen and oxygen atoms in total. The fraction of sp³-hybridized carbons (Fsp3) is 0.909. The highest BCUT2D eigenvalue weighted by Gasteiger charge is 2.03. The normalized spacial score (nSPS) is 10.7. The van der Waals surface area contributed by atoms with Crippen LogP contribution in [-0.4, -0.2) is 35.5 Å². The second-order valence-electron chi connectivity index (χ2n) is 3.66. The second-order valence-corrected chi connectivity index (χ2v) is 4.74. The summed E-state index contributed by atoms with van der Waals surface area (Å²) in [4.78, 5) is 2.44. The zero-order valence-corrected chi connectivity index (χ0v) is 11.6. The first-order chi connectivity index (χ1) is 7.20. The molecule has 0 spiro atoms. The first kappa shape index (κ1) is 15.2. The molecule has 90 valence electrons. The van der Waals surface area contributed by atoms with Crippen LogP contribution in [0, 0.1) is 0 Å². The van der Waals surface area contributed by atoms with E-state index in [4.69, 9.17) is 17.0 Å². The predicted octanol–water partition coefficient (Wildman–Crippen LogP) is 3.12. The molecule has 0 rings (SSSR count). The van der Waals surface area contributed by atoms with Crippen molar-refractivity contribution in [1.82, 2.24) is 4.90 Å². The number of ether oxygens (including phenoxy) is 1. The van der Waals surface area contributed by atoms with Crippen LogP contribution in [0.4, 0.5) is 0 Å². The average molecular weight is 249 g/mol. The van der Waals surface area contributed by atoms with Gasteiger partial charge in [-0.15, -0.1) is 0 Å². The molecule has 0 radical (unpaired) electrons. The van der Waals surface area contributed by atoms with Crippen LogP contribution in [0.15, 0.2) is 0 Å². The second kappa shape index (κ2) is 10.7. The van der Waals surface area contributed by atoms with Crippen molar-refractivity contribution in [3.63, 3.8) is 0 Å². The molecule has 0 aromatic heterocycles. The lowest BCUT2D eigenvalue weighted by molar-refractivity contribution is 0.204. The molecule has 4 heteroatoms. The Labute approximate surface area is 105 Å². The summed E-state index contributed by atoms with van der Waals surface area (Å²) in [5.41, 5.74) is 0. The molecule has 0 heterocycles. The molecule has 0 unspecified atom stereocenters. The van der Waals surface area contributed by atoms with Gasteiger partial charge in [0.2, 0.25) is 4.38 Å². The van der Waals surface area contributed by atoms with E-state index in [1.165, 1.54) is 38.8 Å². The van der Waals surface area contributed by atoms with E-state index in [1.807, 2.05) is 0 Å². The summed E-state index contributed by atoms with van der Waals surface area (Å²) in [6.45, 7) is 8.39. The van der Waals surface area contributed by atoms with Crippen LogP contribution in [0.25, 0.3) is 0 Å². The third-order valence-corrected chi connectivity index (χ3v) is 2.54. The minimum absolute atomic E-state index is 0.348. The van der Waals surface area contributed by atoms with Gasteiger partial charge < -0.3 is 4.74 Å². The zero-order valence-electron chi connectivity index (χ0n) is 9.87. The summed E-state index contributed by atoms with van der Waals surface area (Å²) in [5.74, 6) is 0. The molecule has 0 aromatic carbocycles. The maximum atomic E-state index is 5.19. The van der Waals surface area contributed by atoms with Gasteiger partial charge in [-0.3, -0.25) is 4.90 Å². The first-order valence-electron chi connectivity index (χ1n) is 5.78. The highest BCUT2D eigenvalue weighted by atomic mass is 32.1. The highest BCUT2D eigenvalue weighted by molar-refractivity contribution is 8.10. The molecular weight excluding hydrogens is 226 g/mol. The van der Waals surface area contributed by atoms with Crippen molar-refractivity contribution < 1.29 is 4.74 Å². The van der Waals surface area contributed by atoms with E-state index >= 15 is 0 Å². The standard InChI is InChI=1S/C11H23NOS2/c1-3-5-7-12(8-6-4-2)9-10-13-11(14)15/h3-10H2,1-2H3,(H,14,15). The van der Waals surface area contributed by atoms with Crippen molar-refractivity contribution in [3.8, 4) is 0 Å². The largest absolute Gasteiger partial charge is 0.477 e. The van der Waals surface area contributed by atoms with E-state index in [2.05, 4.69) is 31.4 Å².